The first kappa shape index (κ1) is 18.5. The minimum Gasteiger partial charge on any atom is -0.481 e. The molecule has 1 N–H and O–H groups in total. The second kappa shape index (κ2) is 7.63. The normalized spacial score (nSPS) is 12.5. The number of amides is 2. The molecule has 0 radical (unpaired) electrons. The molecule has 5 nitrogen and oxygen atoms in total. The highest BCUT2D eigenvalue weighted by molar-refractivity contribution is 9.10. The van der Waals surface area contributed by atoms with Crippen LogP contribution < -0.4 is 10.1 Å². The summed E-state index contributed by atoms with van der Waals surface area (Å²) >= 11 is 3.34. The number of halogens is 1. The number of likely N-dealkylation sites (N-methyl/N-ethyl adjacent to an activating group) is 1. The molecule has 2 amide bonds. The molecule has 1 aromatic carbocycles. The Morgan fingerprint density at radius 2 is 1.82 bits per heavy atom. The highest BCUT2D eigenvalue weighted by Gasteiger charge is 2.22. The van der Waals surface area contributed by atoms with Gasteiger partial charge < -0.3 is 15.0 Å². The molecule has 0 aliphatic heterocycles. The van der Waals surface area contributed by atoms with E-state index in [2.05, 4.69) is 21.2 Å². The van der Waals surface area contributed by atoms with Gasteiger partial charge in [0.1, 0.15) is 5.75 Å². The number of hydrogen-bond donors (Lipinski definition) is 1. The van der Waals surface area contributed by atoms with Crippen LogP contribution in [-0.4, -0.2) is 41.9 Å². The summed E-state index contributed by atoms with van der Waals surface area (Å²) < 4.78 is 6.53. The van der Waals surface area contributed by atoms with E-state index in [1.165, 1.54) is 4.90 Å². The molecule has 0 unspecified atom stereocenters. The van der Waals surface area contributed by atoms with Gasteiger partial charge in [-0.3, -0.25) is 9.59 Å². The fraction of sp³-hybridized carbons (Fsp3) is 0.500. The predicted molar refractivity (Wildman–Crippen MR) is 89.8 cm³/mol. The molecule has 0 bridgehead atoms. The Morgan fingerprint density at radius 1 is 1.27 bits per heavy atom. The summed E-state index contributed by atoms with van der Waals surface area (Å²) in [7, 11) is 1.59. The van der Waals surface area contributed by atoms with Crippen LogP contribution >= 0.6 is 15.9 Å². The number of rotatable bonds is 5. The molecule has 0 aliphatic rings. The maximum absolute atomic E-state index is 12.2. The van der Waals surface area contributed by atoms with Gasteiger partial charge in [0.25, 0.3) is 5.91 Å². The summed E-state index contributed by atoms with van der Waals surface area (Å²) in [4.78, 5) is 25.4. The van der Waals surface area contributed by atoms with Gasteiger partial charge in [-0.05, 0) is 52.0 Å². The van der Waals surface area contributed by atoms with Gasteiger partial charge in [-0.1, -0.05) is 15.9 Å². The molecule has 1 aromatic rings. The monoisotopic (exact) mass is 370 g/mol. The third-order valence-corrected chi connectivity index (χ3v) is 3.27. The predicted octanol–water partition coefficient (Wildman–Crippen LogP) is 2.59. The Kier molecular flexibility index (Phi) is 6.41. The third-order valence-electron chi connectivity index (χ3n) is 2.75. The van der Waals surface area contributed by atoms with Gasteiger partial charge in [0.15, 0.2) is 6.10 Å². The second-order valence-corrected chi connectivity index (χ2v) is 7.12. The fourth-order valence-corrected chi connectivity index (χ4v) is 2.09. The van der Waals surface area contributed by atoms with Gasteiger partial charge in [-0.15, -0.1) is 0 Å². The van der Waals surface area contributed by atoms with Crippen molar-refractivity contribution >= 4 is 27.7 Å². The van der Waals surface area contributed by atoms with Crippen LogP contribution in [0.4, 0.5) is 0 Å². The van der Waals surface area contributed by atoms with Gasteiger partial charge in [0.05, 0.1) is 6.54 Å². The Morgan fingerprint density at radius 3 is 2.32 bits per heavy atom. The summed E-state index contributed by atoms with van der Waals surface area (Å²) in [5, 5.41) is 2.82. The van der Waals surface area contributed by atoms with Crippen molar-refractivity contribution in [2.45, 2.75) is 39.3 Å². The van der Waals surface area contributed by atoms with Crippen molar-refractivity contribution in [3.8, 4) is 5.75 Å². The quantitative estimate of drug-likeness (QED) is 0.866. The van der Waals surface area contributed by atoms with E-state index < -0.39 is 6.10 Å². The van der Waals surface area contributed by atoms with Crippen molar-refractivity contribution in [2.24, 2.45) is 0 Å². The minimum atomic E-state index is -0.659. The van der Waals surface area contributed by atoms with Gasteiger partial charge in [0.2, 0.25) is 5.91 Å². The molecule has 0 spiro atoms. The zero-order chi connectivity index (χ0) is 16.9. The van der Waals surface area contributed by atoms with E-state index in [-0.39, 0.29) is 23.9 Å². The van der Waals surface area contributed by atoms with Crippen LogP contribution in [0.3, 0.4) is 0 Å². The van der Waals surface area contributed by atoms with Crippen LogP contribution in [0, 0.1) is 0 Å². The van der Waals surface area contributed by atoms with E-state index in [0.29, 0.717) is 5.75 Å². The van der Waals surface area contributed by atoms with E-state index in [1.54, 1.807) is 26.1 Å². The number of nitrogens with one attached hydrogen (secondary N) is 1. The molecule has 6 heteroatoms. The molecule has 1 atom stereocenters. The smallest absolute Gasteiger partial charge is 0.263 e. The average Bonchev–Trinajstić information content (AvgIpc) is 2.38. The lowest BCUT2D eigenvalue weighted by Crippen LogP contribution is -2.48. The fourth-order valence-electron chi connectivity index (χ4n) is 1.83. The summed E-state index contributed by atoms with van der Waals surface area (Å²) in [6, 6.07) is 7.24. The maximum Gasteiger partial charge on any atom is 0.263 e. The molecule has 1 rings (SSSR count). The third kappa shape index (κ3) is 6.47. The summed E-state index contributed by atoms with van der Waals surface area (Å²) in [5.74, 6) is 0.169. The molecular weight excluding hydrogens is 348 g/mol. The topological polar surface area (TPSA) is 58.6 Å². The molecule has 0 fully saturated rings. The first-order valence-electron chi connectivity index (χ1n) is 7.07. The molecule has 0 heterocycles. The zero-order valence-corrected chi connectivity index (χ0v) is 15.2. The summed E-state index contributed by atoms with van der Waals surface area (Å²) in [6.45, 7) is 7.36. The molecule has 22 heavy (non-hydrogen) atoms. The second-order valence-electron chi connectivity index (χ2n) is 6.21. The molecule has 0 saturated heterocycles. The molecular formula is C16H23BrN2O3. The Hall–Kier alpha value is -1.56. The lowest BCUT2D eigenvalue weighted by molar-refractivity contribution is -0.140. The highest BCUT2D eigenvalue weighted by Crippen LogP contribution is 2.17. The maximum atomic E-state index is 12.2. The van der Waals surface area contributed by atoms with Gasteiger partial charge in [-0.2, -0.15) is 0 Å². The largest absolute Gasteiger partial charge is 0.481 e. The standard InChI is InChI=1S/C16H23BrN2O3/c1-11(22-13-8-6-12(17)7-9-13)15(21)19(5)10-14(20)18-16(2,3)4/h6-9,11H,10H2,1-5H3,(H,18,20)/t11-/m1/s1. The van der Waals surface area contributed by atoms with Crippen molar-refractivity contribution in [1.82, 2.24) is 10.2 Å². The van der Waals surface area contributed by atoms with Crippen molar-refractivity contribution in [1.29, 1.82) is 0 Å². The van der Waals surface area contributed by atoms with Crippen LogP contribution in [0.1, 0.15) is 27.7 Å². The van der Waals surface area contributed by atoms with E-state index in [0.717, 1.165) is 4.47 Å². The molecule has 0 saturated carbocycles. The van der Waals surface area contributed by atoms with Gasteiger partial charge in [0, 0.05) is 17.1 Å². The van der Waals surface area contributed by atoms with Crippen molar-refractivity contribution in [3.63, 3.8) is 0 Å². The molecule has 0 aliphatic carbocycles. The summed E-state index contributed by atoms with van der Waals surface area (Å²) in [5.41, 5.74) is -0.319. The summed E-state index contributed by atoms with van der Waals surface area (Å²) in [6.07, 6.45) is -0.659. The lowest BCUT2D eigenvalue weighted by atomic mass is 10.1. The zero-order valence-electron chi connectivity index (χ0n) is 13.6. The number of carbonyl (C=O) groups is 2. The van der Waals surface area contributed by atoms with Crippen LogP contribution in [0.25, 0.3) is 0 Å². The highest BCUT2D eigenvalue weighted by atomic mass is 79.9. The molecule has 122 valence electrons. The van der Waals surface area contributed by atoms with Gasteiger partial charge in [-0.25, -0.2) is 0 Å². The van der Waals surface area contributed by atoms with Crippen LogP contribution in [0.2, 0.25) is 0 Å². The van der Waals surface area contributed by atoms with Crippen molar-refractivity contribution in [3.05, 3.63) is 28.7 Å². The Balaban J connectivity index is 2.54. The lowest BCUT2D eigenvalue weighted by Gasteiger charge is -2.25. The number of nitrogens with zero attached hydrogens (tertiary/aromatic N) is 1. The Labute approximate surface area is 140 Å². The first-order valence-corrected chi connectivity index (χ1v) is 7.86. The number of hydrogen-bond acceptors (Lipinski definition) is 3. The van der Waals surface area contributed by atoms with Crippen LogP contribution in [-0.2, 0) is 9.59 Å². The Bertz CT molecular complexity index is 523. The van der Waals surface area contributed by atoms with E-state index >= 15 is 0 Å². The minimum absolute atomic E-state index is 0.00411. The number of ether oxygens (including phenoxy) is 1. The van der Waals surface area contributed by atoms with Crippen LogP contribution in [0.15, 0.2) is 28.7 Å². The van der Waals surface area contributed by atoms with Crippen LogP contribution in [0.5, 0.6) is 5.75 Å². The number of benzene rings is 1. The first-order chi connectivity index (χ1) is 10.1. The van der Waals surface area contributed by atoms with E-state index in [9.17, 15) is 9.59 Å². The number of carbonyl (C=O) groups excluding carboxylic acids is 2. The van der Waals surface area contributed by atoms with Gasteiger partial charge >= 0.3 is 0 Å². The average molecular weight is 371 g/mol. The van der Waals surface area contributed by atoms with E-state index in [1.807, 2.05) is 32.9 Å². The van der Waals surface area contributed by atoms with Crippen molar-refractivity contribution < 1.29 is 14.3 Å². The van der Waals surface area contributed by atoms with Crippen molar-refractivity contribution in [2.75, 3.05) is 13.6 Å². The molecule has 0 aromatic heterocycles. The SMILES string of the molecule is C[C@@H](Oc1ccc(Br)cc1)C(=O)N(C)CC(=O)NC(C)(C)C. The van der Waals surface area contributed by atoms with E-state index in [4.69, 9.17) is 4.74 Å².